The van der Waals surface area contributed by atoms with E-state index in [0.717, 1.165) is 11.3 Å². The van der Waals surface area contributed by atoms with Crippen molar-refractivity contribution in [1.82, 2.24) is 4.98 Å². The average Bonchev–Trinajstić information content (AvgIpc) is 2.30. The van der Waals surface area contributed by atoms with E-state index in [9.17, 15) is 0 Å². The lowest BCUT2D eigenvalue weighted by atomic mass is 10.1. The maximum atomic E-state index is 6.83. The van der Waals surface area contributed by atoms with Crippen LogP contribution in [0.4, 0.5) is 5.69 Å². The van der Waals surface area contributed by atoms with Gasteiger partial charge in [-0.3, -0.25) is 4.98 Å². The Balaban J connectivity index is 2.40. The molecule has 0 unspecified atom stereocenters. The van der Waals surface area contributed by atoms with E-state index in [2.05, 4.69) is 9.83 Å². The van der Waals surface area contributed by atoms with Crippen LogP contribution in [0.1, 0.15) is 0 Å². The van der Waals surface area contributed by atoms with Gasteiger partial charge in [-0.05, 0) is 17.7 Å². The van der Waals surface area contributed by atoms with Crippen LogP contribution in [0.2, 0.25) is 0 Å². The number of pyridine rings is 1. The maximum Gasteiger partial charge on any atom is 0.187 e. The first-order valence-corrected chi connectivity index (χ1v) is 4.29. The van der Waals surface area contributed by atoms with Crippen molar-refractivity contribution in [2.45, 2.75) is 0 Å². The van der Waals surface area contributed by atoms with Crippen LogP contribution in [0, 0.1) is 6.57 Å². The molecular weight excluding hydrogens is 171 g/mol. The van der Waals surface area contributed by atoms with Gasteiger partial charge in [-0.25, -0.2) is 4.85 Å². The summed E-state index contributed by atoms with van der Waals surface area (Å²) in [4.78, 5) is 7.56. The summed E-state index contributed by atoms with van der Waals surface area (Å²) < 4.78 is 0. The molecule has 0 amide bonds. The standard InChI is InChI=1S/C12H8N2/c1-13-11-7-5-10(6-8-11)12-4-2-3-9-14-12/h2-9H/i1-1. The van der Waals surface area contributed by atoms with E-state index >= 15 is 0 Å². The van der Waals surface area contributed by atoms with Gasteiger partial charge in [0.15, 0.2) is 5.69 Å². The van der Waals surface area contributed by atoms with E-state index in [1.165, 1.54) is 0 Å². The molecule has 0 atom stereocenters. The Morgan fingerprint density at radius 1 is 1.00 bits per heavy atom. The number of benzene rings is 1. The SMILES string of the molecule is [11C-]#[N+]c1ccc(-c2ccccn2)cc1. The first kappa shape index (κ1) is 8.46. The smallest absolute Gasteiger partial charge is 0.187 e. The highest BCUT2D eigenvalue weighted by atomic mass is 14.7. The quantitative estimate of drug-likeness (QED) is 0.614. The summed E-state index contributed by atoms with van der Waals surface area (Å²) >= 11 is 0. The Hall–Kier alpha value is -2.14. The molecule has 14 heavy (non-hydrogen) atoms. The van der Waals surface area contributed by atoms with E-state index in [0.29, 0.717) is 5.69 Å². The molecule has 2 nitrogen and oxygen atoms in total. The lowest BCUT2D eigenvalue weighted by Crippen LogP contribution is -1.79. The first-order chi connectivity index (χ1) is 6.90. The summed E-state index contributed by atoms with van der Waals surface area (Å²) in [5.74, 6) is 0. The summed E-state index contributed by atoms with van der Waals surface area (Å²) in [5.41, 5.74) is 2.63. The molecule has 0 aliphatic carbocycles. The molecule has 0 saturated heterocycles. The van der Waals surface area contributed by atoms with Crippen molar-refractivity contribution in [3.8, 4) is 11.3 Å². The van der Waals surface area contributed by atoms with Crippen molar-refractivity contribution >= 4 is 5.69 Å². The van der Waals surface area contributed by atoms with Crippen molar-refractivity contribution < 1.29 is 0 Å². The van der Waals surface area contributed by atoms with Crippen molar-refractivity contribution in [2.24, 2.45) is 0 Å². The molecule has 0 spiro atoms. The molecule has 2 heteroatoms. The molecule has 0 radical (unpaired) electrons. The molecule has 66 valence electrons. The highest BCUT2D eigenvalue weighted by molar-refractivity contribution is 5.62. The minimum absolute atomic E-state index is 0.657. The minimum Gasteiger partial charge on any atom is -0.256 e. The number of hydrogen-bond donors (Lipinski definition) is 0. The zero-order valence-corrected chi connectivity index (χ0v) is 7.51. The van der Waals surface area contributed by atoms with Gasteiger partial charge in [0, 0.05) is 6.20 Å². The van der Waals surface area contributed by atoms with Crippen molar-refractivity contribution in [2.75, 3.05) is 0 Å². The largest absolute Gasteiger partial charge is 0.256 e. The van der Waals surface area contributed by atoms with E-state index in [4.69, 9.17) is 6.57 Å². The lowest BCUT2D eigenvalue weighted by Gasteiger charge is -1.99. The summed E-state index contributed by atoms with van der Waals surface area (Å²) in [5, 5.41) is 0. The number of nitrogens with zero attached hydrogens (tertiary/aromatic N) is 2. The third-order valence-corrected chi connectivity index (χ3v) is 1.96. The molecule has 2 rings (SSSR count). The van der Waals surface area contributed by atoms with Crippen LogP contribution < -0.4 is 0 Å². The van der Waals surface area contributed by atoms with Crippen LogP contribution in [0.3, 0.4) is 0 Å². The second kappa shape index (κ2) is 3.71. The van der Waals surface area contributed by atoms with Gasteiger partial charge >= 0.3 is 0 Å². The highest BCUT2D eigenvalue weighted by Crippen LogP contribution is 2.20. The van der Waals surface area contributed by atoms with E-state index < -0.39 is 0 Å². The predicted octanol–water partition coefficient (Wildman–Crippen LogP) is 3.30. The van der Waals surface area contributed by atoms with Crippen molar-refractivity contribution in [3.63, 3.8) is 0 Å². The number of aromatic nitrogens is 1. The first-order valence-electron chi connectivity index (χ1n) is 4.29. The van der Waals surface area contributed by atoms with Gasteiger partial charge in [-0.15, -0.1) is 0 Å². The Kier molecular flexibility index (Phi) is 2.24. The lowest BCUT2D eigenvalue weighted by molar-refractivity contribution is 1.33. The van der Waals surface area contributed by atoms with Crippen LogP contribution in [-0.2, 0) is 0 Å². The van der Waals surface area contributed by atoms with Crippen LogP contribution in [0.15, 0.2) is 48.7 Å². The second-order valence-corrected chi connectivity index (χ2v) is 2.87. The van der Waals surface area contributed by atoms with Gasteiger partial charge in [0.05, 0.1) is 12.3 Å². The van der Waals surface area contributed by atoms with Gasteiger partial charge in [0.25, 0.3) is 0 Å². The molecule has 0 bridgehead atoms. The topological polar surface area (TPSA) is 17.2 Å². The molecule has 1 aromatic heterocycles. The average molecular weight is 179 g/mol. The summed E-state index contributed by atoms with van der Waals surface area (Å²) in [7, 11) is 0. The fourth-order valence-electron chi connectivity index (χ4n) is 1.24. The molecule has 0 aliphatic rings. The molecule has 0 fully saturated rings. The molecule has 1 heterocycles. The van der Waals surface area contributed by atoms with Crippen molar-refractivity contribution in [1.29, 1.82) is 0 Å². The zero-order chi connectivity index (χ0) is 9.80. The van der Waals surface area contributed by atoms with E-state index in [1.54, 1.807) is 18.3 Å². The normalized spacial score (nSPS) is 9.36. The zero-order valence-electron chi connectivity index (χ0n) is 7.51. The fraction of sp³-hybridized carbons (Fsp3) is 0. The monoisotopic (exact) mass is 179 g/mol. The fourth-order valence-corrected chi connectivity index (χ4v) is 1.24. The third-order valence-electron chi connectivity index (χ3n) is 1.96. The summed E-state index contributed by atoms with van der Waals surface area (Å²) in [6.07, 6.45) is 1.76. The molecular formula is C12H8N2. The summed E-state index contributed by atoms with van der Waals surface area (Å²) in [6.45, 7) is 6.83. The second-order valence-electron chi connectivity index (χ2n) is 2.87. The van der Waals surface area contributed by atoms with Crippen molar-refractivity contribution in [3.05, 3.63) is 60.1 Å². The number of hydrogen-bond acceptors (Lipinski definition) is 1. The Bertz CT molecular complexity index is 452. The predicted molar refractivity (Wildman–Crippen MR) is 55.9 cm³/mol. The number of rotatable bonds is 1. The maximum absolute atomic E-state index is 6.83. The Morgan fingerprint density at radius 2 is 1.79 bits per heavy atom. The van der Waals surface area contributed by atoms with Crippen LogP contribution in [0.25, 0.3) is 16.1 Å². The van der Waals surface area contributed by atoms with Gasteiger partial charge in [-0.1, -0.05) is 30.3 Å². The molecule has 2 aromatic rings. The molecule has 0 N–H and O–H groups in total. The molecule has 0 aliphatic heterocycles. The van der Waals surface area contributed by atoms with Crippen LogP contribution in [0.5, 0.6) is 0 Å². The van der Waals surface area contributed by atoms with E-state index in [-0.39, 0.29) is 0 Å². The van der Waals surface area contributed by atoms with Gasteiger partial charge in [0.2, 0.25) is 0 Å². The van der Waals surface area contributed by atoms with Crippen LogP contribution in [-0.4, -0.2) is 4.98 Å². The molecule has 1 aromatic carbocycles. The van der Waals surface area contributed by atoms with Gasteiger partial charge in [-0.2, -0.15) is 0 Å². The Morgan fingerprint density at radius 3 is 2.36 bits per heavy atom. The minimum atomic E-state index is 0.657. The Labute approximate surface area is 82.7 Å². The molecule has 0 saturated carbocycles. The van der Waals surface area contributed by atoms with E-state index in [1.807, 2.05) is 30.3 Å². The van der Waals surface area contributed by atoms with Crippen LogP contribution >= 0.6 is 0 Å². The third kappa shape index (κ3) is 1.62. The summed E-state index contributed by atoms with van der Waals surface area (Å²) in [6, 6.07) is 13.2. The highest BCUT2D eigenvalue weighted by Gasteiger charge is 1.96. The van der Waals surface area contributed by atoms with Gasteiger partial charge in [0.1, 0.15) is 0 Å². The van der Waals surface area contributed by atoms with Gasteiger partial charge < -0.3 is 0 Å².